The maximum Gasteiger partial charge on any atom is 0.0897 e. The third-order valence-corrected chi connectivity index (χ3v) is 5.21. The maximum atomic E-state index is 4.55. The van der Waals surface area contributed by atoms with E-state index in [0.29, 0.717) is 0 Å². The first-order valence-corrected chi connectivity index (χ1v) is 8.72. The van der Waals surface area contributed by atoms with E-state index in [9.17, 15) is 0 Å². The van der Waals surface area contributed by atoms with E-state index >= 15 is 0 Å². The molecule has 0 spiro atoms. The van der Waals surface area contributed by atoms with Gasteiger partial charge < -0.3 is 0 Å². The summed E-state index contributed by atoms with van der Waals surface area (Å²) in [6, 6.07) is 0. The second-order valence-corrected chi connectivity index (χ2v) is 7.39. The zero-order chi connectivity index (χ0) is 13.9. The number of thiazole rings is 2. The quantitative estimate of drug-likeness (QED) is 0.813. The summed E-state index contributed by atoms with van der Waals surface area (Å²) in [4.78, 5) is 14.1. The minimum absolute atomic E-state index is 0. The van der Waals surface area contributed by atoms with Crippen LogP contribution in [0, 0.1) is 13.8 Å². The molecule has 0 atom stereocenters. The fourth-order valence-corrected chi connectivity index (χ4v) is 3.73. The van der Waals surface area contributed by atoms with Crippen LogP contribution >= 0.6 is 47.5 Å². The molecule has 1 aliphatic rings. The number of aryl methyl sites for hydroxylation is 2. The van der Waals surface area contributed by atoms with Gasteiger partial charge >= 0.3 is 0 Å². The lowest BCUT2D eigenvalue weighted by molar-refractivity contribution is 0.120. The maximum absolute atomic E-state index is 4.55. The minimum Gasteiger partial charge on any atom is -0.295 e. The lowest BCUT2D eigenvalue weighted by Crippen LogP contribution is -2.45. The summed E-state index contributed by atoms with van der Waals surface area (Å²) < 4.78 is 0. The van der Waals surface area contributed by atoms with Crippen molar-refractivity contribution in [2.45, 2.75) is 26.9 Å². The number of hydrogen-bond donors (Lipinski definition) is 0. The van der Waals surface area contributed by atoms with Crippen molar-refractivity contribution >= 4 is 47.5 Å². The molecule has 1 saturated heterocycles. The number of hydrogen-bond acceptors (Lipinski definition) is 6. The number of piperazine rings is 1. The normalized spacial score (nSPS) is 16.1. The summed E-state index contributed by atoms with van der Waals surface area (Å²) in [6.45, 7) is 10.6. The van der Waals surface area contributed by atoms with Gasteiger partial charge in [0.15, 0.2) is 0 Å². The van der Waals surface area contributed by atoms with Gasteiger partial charge in [-0.2, -0.15) is 0 Å². The molecule has 0 amide bonds. The molecule has 0 aromatic carbocycles. The largest absolute Gasteiger partial charge is 0.295 e. The average molecular weight is 381 g/mol. The second kappa shape index (κ2) is 9.15. The van der Waals surface area contributed by atoms with E-state index in [2.05, 4.69) is 44.4 Å². The zero-order valence-corrected chi connectivity index (χ0v) is 16.1. The third kappa shape index (κ3) is 5.44. The van der Waals surface area contributed by atoms with Gasteiger partial charge in [0.1, 0.15) is 0 Å². The van der Waals surface area contributed by atoms with Gasteiger partial charge in [0.2, 0.25) is 0 Å². The number of nitrogens with zero attached hydrogens (tertiary/aromatic N) is 4. The van der Waals surface area contributed by atoms with Crippen molar-refractivity contribution in [3.05, 3.63) is 32.2 Å². The lowest BCUT2D eigenvalue weighted by atomic mass is 10.3. The van der Waals surface area contributed by atoms with Crippen LogP contribution in [0.5, 0.6) is 0 Å². The molecular weight excluding hydrogens is 359 g/mol. The molecular formula is C14H22Cl2N4S2. The Hall–Kier alpha value is -0.240. The van der Waals surface area contributed by atoms with Gasteiger partial charge in [-0.05, 0) is 13.8 Å². The predicted octanol–water partition coefficient (Wildman–Crippen LogP) is 3.38. The Labute approximate surface area is 152 Å². The van der Waals surface area contributed by atoms with Gasteiger partial charge in [0.25, 0.3) is 0 Å². The van der Waals surface area contributed by atoms with Crippen molar-refractivity contribution in [1.29, 1.82) is 0 Å². The van der Waals surface area contributed by atoms with E-state index in [0.717, 1.165) is 49.3 Å². The van der Waals surface area contributed by atoms with Crippen molar-refractivity contribution in [1.82, 2.24) is 19.8 Å². The van der Waals surface area contributed by atoms with Crippen LogP contribution in [-0.2, 0) is 13.1 Å². The van der Waals surface area contributed by atoms with Crippen LogP contribution < -0.4 is 0 Å². The molecule has 0 radical (unpaired) electrons. The molecule has 0 N–H and O–H groups in total. The summed E-state index contributed by atoms with van der Waals surface area (Å²) in [7, 11) is 0. The highest BCUT2D eigenvalue weighted by Gasteiger charge is 2.18. The highest BCUT2D eigenvalue weighted by atomic mass is 35.5. The lowest BCUT2D eigenvalue weighted by Gasteiger charge is -2.33. The van der Waals surface area contributed by atoms with E-state index < -0.39 is 0 Å². The monoisotopic (exact) mass is 380 g/mol. The molecule has 4 nitrogen and oxygen atoms in total. The Balaban J connectivity index is 0.00000121. The molecule has 3 heterocycles. The number of aromatic nitrogens is 2. The molecule has 2 aromatic rings. The molecule has 3 rings (SSSR count). The van der Waals surface area contributed by atoms with Crippen LogP contribution in [0.15, 0.2) is 10.8 Å². The van der Waals surface area contributed by atoms with Crippen LogP contribution in [0.25, 0.3) is 0 Å². The van der Waals surface area contributed by atoms with Crippen molar-refractivity contribution in [3.8, 4) is 0 Å². The average Bonchev–Trinajstić information content (AvgIpc) is 3.01. The molecule has 2 aromatic heterocycles. The zero-order valence-electron chi connectivity index (χ0n) is 12.8. The van der Waals surface area contributed by atoms with E-state index in [1.807, 2.05) is 0 Å². The molecule has 1 fully saturated rings. The van der Waals surface area contributed by atoms with E-state index in [1.54, 1.807) is 22.7 Å². The van der Waals surface area contributed by atoms with E-state index in [-0.39, 0.29) is 24.8 Å². The number of halogens is 2. The second-order valence-electron chi connectivity index (χ2n) is 5.27. The Kier molecular flexibility index (Phi) is 8.24. The van der Waals surface area contributed by atoms with Gasteiger partial charge in [0.05, 0.1) is 21.4 Å². The first-order valence-electron chi connectivity index (χ1n) is 6.96. The highest BCUT2D eigenvalue weighted by molar-refractivity contribution is 7.09. The molecule has 22 heavy (non-hydrogen) atoms. The van der Waals surface area contributed by atoms with Crippen molar-refractivity contribution < 1.29 is 0 Å². The Bertz CT molecular complexity index is 514. The smallest absolute Gasteiger partial charge is 0.0897 e. The first kappa shape index (κ1) is 19.8. The van der Waals surface area contributed by atoms with Gasteiger partial charge in [-0.25, -0.2) is 9.97 Å². The van der Waals surface area contributed by atoms with Crippen LogP contribution in [0.1, 0.15) is 21.4 Å². The fourth-order valence-electron chi connectivity index (χ4n) is 2.53. The molecule has 0 saturated carbocycles. The molecule has 0 bridgehead atoms. The Morgan fingerprint density at radius 3 is 1.45 bits per heavy atom. The first-order chi connectivity index (χ1) is 9.69. The van der Waals surface area contributed by atoms with Crippen molar-refractivity contribution in [3.63, 3.8) is 0 Å². The molecule has 1 aliphatic heterocycles. The van der Waals surface area contributed by atoms with Crippen molar-refractivity contribution in [2.24, 2.45) is 0 Å². The predicted molar refractivity (Wildman–Crippen MR) is 98.8 cm³/mol. The summed E-state index contributed by atoms with van der Waals surface area (Å²) in [6.07, 6.45) is 0. The summed E-state index contributed by atoms with van der Waals surface area (Å²) in [5.74, 6) is 0. The summed E-state index contributed by atoms with van der Waals surface area (Å²) in [5, 5.41) is 6.69. The van der Waals surface area contributed by atoms with Crippen LogP contribution in [0.2, 0.25) is 0 Å². The van der Waals surface area contributed by atoms with Crippen LogP contribution in [-0.4, -0.2) is 45.9 Å². The van der Waals surface area contributed by atoms with Crippen LogP contribution in [0.4, 0.5) is 0 Å². The highest BCUT2D eigenvalue weighted by Crippen LogP contribution is 2.14. The molecule has 124 valence electrons. The van der Waals surface area contributed by atoms with E-state index in [1.165, 1.54) is 11.4 Å². The standard InChI is InChI=1S/C14H20N4S2.2ClH/c1-11-15-13(9-19-11)7-17-3-5-18(6-4-17)8-14-10-20-12(2)16-14;;/h9-10H,3-8H2,1-2H3;2*1H. The Morgan fingerprint density at radius 2 is 1.18 bits per heavy atom. The topological polar surface area (TPSA) is 32.3 Å². The fraction of sp³-hybridized carbons (Fsp3) is 0.571. The third-order valence-electron chi connectivity index (χ3n) is 3.57. The van der Waals surface area contributed by atoms with E-state index in [4.69, 9.17) is 0 Å². The summed E-state index contributed by atoms with van der Waals surface area (Å²) >= 11 is 3.48. The molecule has 0 unspecified atom stereocenters. The van der Waals surface area contributed by atoms with Gasteiger partial charge in [0, 0.05) is 50.0 Å². The molecule has 8 heteroatoms. The Morgan fingerprint density at radius 1 is 0.818 bits per heavy atom. The van der Waals surface area contributed by atoms with Gasteiger partial charge in [-0.15, -0.1) is 47.5 Å². The minimum atomic E-state index is 0. The van der Waals surface area contributed by atoms with Gasteiger partial charge in [-0.3, -0.25) is 9.80 Å². The van der Waals surface area contributed by atoms with Gasteiger partial charge in [-0.1, -0.05) is 0 Å². The molecule has 0 aliphatic carbocycles. The van der Waals surface area contributed by atoms with Crippen LogP contribution in [0.3, 0.4) is 0 Å². The van der Waals surface area contributed by atoms with Crippen molar-refractivity contribution in [2.75, 3.05) is 26.2 Å². The SMILES string of the molecule is Cc1nc(CN2CCN(Cc3csc(C)n3)CC2)cs1.Cl.Cl. The number of rotatable bonds is 4. The summed E-state index contributed by atoms with van der Waals surface area (Å²) in [5.41, 5.74) is 2.44.